The molecule has 0 aromatic heterocycles. The SMILES string of the molecule is COc1ccc(C=C2C(=O)N(CN3CCN(C)CC3)c3cc(Cl)ccc32)cc1OC. The largest absolute Gasteiger partial charge is 0.493 e. The van der Waals surface area contributed by atoms with E-state index in [9.17, 15) is 4.79 Å². The van der Waals surface area contributed by atoms with E-state index in [-0.39, 0.29) is 5.91 Å². The molecule has 0 aliphatic carbocycles. The molecule has 1 saturated heterocycles. The number of likely N-dealkylation sites (N-methyl/N-ethyl adjacent to an activating group) is 1. The molecule has 2 aliphatic rings. The normalized spacial score (nSPS) is 18.7. The summed E-state index contributed by atoms with van der Waals surface area (Å²) in [5.74, 6) is 1.27. The van der Waals surface area contributed by atoms with Gasteiger partial charge in [-0.15, -0.1) is 0 Å². The fraction of sp³-hybridized carbons (Fsp3) is 0.348. The number of ether oxygens (including phenoxy) is 2. The molecular formula is C23H26ClN3O3. The highest BCUT2D eigenvalue weighted by atomic mass is 35.5. The zero-order valence-electron chi connectivity index (χ0n) is 17.5. The van der Waals surface area contributed by atoms with Crippen LogP contribution >= 0.6 is 11.6 Å². The molecule has 0 radical (unpaired) electrons. The Bertz CT molecular complexity index is 984. The van der Waals surface area contributed by atoms with Crippen molar-refractivity contribution in [1.82, 2.24) is 9.80 Å². The van der Waals surface area contributed by atoms with Crippen LogP contribution in [0.2, 0.25) is 5.02 Å². The van der Waals surface area contributed by atoms with E-state index >= 15 is 0 Å². The molecule has 0 spiro atoms. The van der Waals surface area contributed by atoms with Crippen molar-refractivity contribution in [3.05, 3.63) is 52.5 Å². The highest BCUT2D eigenvalue weighted by molar-refractivity contribution is 6.37. The monoisotopic (exact) mass is 427 g/mol. The topological polar surface area (TPSA) is 45.2 Å². The van der Waals surface area contributed by atoms with Gasteiger partial charge in [-0.25, -0.2) is 0 Å². The van der Waals surface area contributed by atoms with Gasteiger partial charge in [0.2, 0.25) is 0 Å². The van der Waals surface area contributed by atoms with Gasteiger partial charge in [0.1, 0.15) is 0 Å². The Labute approximate surface area is 182 Å². The summed E-state index contributed by atoms with van der Waals surface area (Å²) < 4.78 is 10.7. The molecule has 1 fully saturated rings. The van der Waals surface area contributed by atoms with Crippen LogP contribution in [0.1, 0.15) is 11.1 Å². The van der Waals surface area contributed by atoms with Gasteiger partial charge in [-0.05, 0) is 43.0 Å². The predicted octanol–water partition coefficient (Wildman–Crippen LogP) is 3.45. The summed E-state index contributed by atoms with van der Waals surface area (Å²) in [7, 11) is 5.33. The number of amides is 1. The lowest BCUT2D eigenvalue weighted by Crippen LogP contribution is -2.49. The van der Waals surface area contributed by atoms with Gasteiger partial charge in [0.05, 0.1) is 26.6 Å². The van der Waals surface area contributed by atoms with E-state index in [1.165, 1.54) is 0 Å². The maximum absolute atomic E-state index is 13.4. The second kappa shape index (κ2) is 8.68. The number of nitrogens with zero attached hydrogens (tertiary/aromatic N) is 3. The van der Waals surface area contributed by atoms with Crippen LogP contribution in [-0.2, 0) is 4.79 Å². The molecule has 7 heteroatoms. The van der Waals surface area contributed by atoms with Gasteiger partial charge in [-0.2, -0.15) is 0 Å². The Balaban J connectivity index is 1.68. The van der Waals surface area contributed by atoms with Crippen molar-refractivity contribution in [2.24, 2.45) is 0 Å². The Hall–Kier alpha value is -2.54. The van der Waals surface area contributed by atoms with Gasteiger partial charge in [0.25, 0.3) is 5.91 Å². The van der Waals surface area contributed by atoms with Gasteiger partial charge >= 0.3 is 0 Å². The Morgan fingerprint density at radius 3 is 2.43 bits per heavy atom. The molecule has 6 nitrogen and oxygen atoms in total. The second-order valence-electron chi connectivity index (χ2n) is 7.63. The second-order valence-corrected chi connectivity index (χ2v) is 8.07. The molecule has 4 rings (SSSR count). The molecule has 0 N–H and O–H groups in total. The highest BCUT2D eigenvalue weighted by Crippen LogP contribution is 2.40. The molecule has 0 atom stereocenters. The van der Waals surface area contributed by atoms with Crippen molar-refractivity contribution in [2.75, 3.05) is 59.0 Å². The summed E-state index contributed by atoms with van der Waals surface area (Å²) in [5.41, 5.74) is 3.29. The molecular weight excluding hydrogens is 402 g/mol. The van der Waals surface area contributed by atoms with Crippen molar-refractivity contribution >= 4 is 34.8 Å². The number of carbonyl (C=O) groups is 1. The van der Waals surface area contributed by atoms with Crippen molar-refractivity contribution < 1.29 is 14.3 Å². The average molecular weight is 428 g/mol. The van der Waals surface area contributed by atoms with Crippen LogP contribution in [0, 0.1) is 0 Å². The molecule has 2 heterocycles. The molecule has 0 unspecified atom stereocenters. The fourth-order valence-electron chi connectivity index (χ4n) is 3.90. The zero-order valence-corrected chi connectivity index (χ0v) is 18.3. The van der Waals surface area contributed by atoms with E-state index in [0.29, 0.717) is 28.8 Å². The highest BCUT2D eigenvalue weighted by Gasteiger charge is 2.34. The number of carbonyl (C=O) groups excluding carboxylic acids is 1. The van der Waals surface area contributed by atoms with E-state index in [2.05, 4.69) is 16.8 Å². The standard InChI is InChI=1S/C23H26ClN3O3/c1-25-8-10-26(11-9-25)15-27-20-14-17(24)5-6-18(20)19(23(27)28)12-16-4-7-21(29-2)22(13-16)30-3/h4-7,12-14H,8-11,15H2,1-3H3. The molecule has 1 amide bonds. The first kappa shape index (κ1) is 20.7. The Kier molecular flexibility index (Phi) is 5.99. The van der Waals surface area contributed by atoms with Gasteiger partial charge in [0, 0.05) is 42.3 Å². The van der Waals surface area contributed by atoms with Crippen molar-refractivity contribution in [3.8, 4) is 11.5 Å². The molecule has 2 aromatic rings. The first-order chi connectivity index (χ1) is 14.5. The molecule has 0 saturated carbocycles. The van der Waals surface area contributed by atoms with Gasteiger partial charge in [-0.1, -0.05) is 23.7 Å². The third-order valence-corrected chi connectivity index (χ3v) is 5.91. The first-order valence-electron chi connectivity index (χ1n) is 9.96. The number of benzene rings is 2. The van der Waals surface area contributed by atoms with E-state index in [1.54, 1.807) is 14.2 Å². The Morgan fingerprint density at radius 1 is 1.00 bits per heavy atom. The maximum Gasteiger partial charge on any atom is 0.260 e. The van der Waals surface area contributed by atoms with Crippen LogP contribution in [0.25, 0.3) is 11.6 Å². The summed E-state index contributed by atoms with van der Waals surface area (Å²) in [4.78, 5) is 19.9. The van der Waals surface area contributed by atoms with E-state index in [0.717, 1.165) is 43.0 Å². The lowest BCUT2D eigenvalue weighted by molar-refractivity contribution is -0.113. The lowest BCUT2D eigenvalue weighted by atomic mass is 10.0. The quantitative estimate of drug-likeness (QED) is 0.684. The molecule has 158 valence electrons. The van der Waals surface area contributed by atoms with E-state index < -0.39 is 0 Å². The van der Waals surface area contributed by atoms with Crippen LogP contribution in [0.15, 0.2) is 36.4 Å². The number of hydrogen-bond acceptors (Lipinski definition) is 5. The summed E-state index contributed by atoms with van der Waals surface area (Å²) >= 11 is 6.27. The summed E-state index contributed by atoms with van der Waals surface area (Å²) in [6.07, 6.45) is 1.90. The minimum absolute atomic E-state index is 0.0130. The number of methoxy groups -OCH3 is 2. The number of piperazine rings is 1. The molecule has 0 bridgehead atoms. The third kappa shape index (κ3) is 4.03. The molecule has 30 heavy (non-hydrogen) atoms. The van der Waals surface area contributed by atoms with Gasteiger partial charge < -0.3 is 14.4 Å². The zero-order chi connectivity index (χ0) is 21.3. The van der Waals surface area contributed by atoms with Crippen LogP contribution < -0.4 is 14.4 Å². The number of fused-ring (bicyclic) bond motifs is 1. The number of rotatable bonds is 5. The Morgan fingerprint density at radius 2 is 1.73 bits per heavy atom. The predicted molar refractivity (Wildman–Crippen MR) is 120 cm³/mol. The fourth-order valence-corrected chi connectivity index (χ4v) is 4.07. The number of anilines is 1. The van der Waals surface area contributed by atoms with E-state index in [1.807, 2.05) is 47.4 Å². The van der Waals surface area contributed by atoms with Crippen molar-refractivity contribution in [3.63, 3.8) is 0 Å². The van der Waals surface area contributed by atoms with Gasteiger partial charge in [-0.3, -0.25) is 14.6 Å². The van der Waals surface area contributed by atoms with Crippen LogP contribution in [0.3, 0.4) is 0 Å². The molecule has 2 aliphatic heterocycles. The van der Waals surface area contributed by atoms with Crippen LogP contribution in [-0.4, -0.2) is 69.8 Å². The third-order valence-electron chi connectivity index (χ3n) is 5.67. The van der Waals surface area contributed by atoms with Crippen molar-refractivity contribution in [1.29, 1.82) is 0 Å². The minimum Gasteiger partial charge on any atom is -0.493 e. The lowest BCUT2D eigenvalue weighted by Gasteiger charge is -2.34. The van der Waals surface area contributed by atoms with Crippen LogP contribution in [0.5, 0.6) is 11.5 Å². The van der Waals surface area contributed by atoms with Crippen LogP contribution in [0.4, 0.5) is 5.69 Å². The average Bonchev–Trinajstić information content (AvgIpc) is 3.00. The maximum atomic E-state index is 13.4. The smallest absolute Gasteiger partial charge is 0.260 e. The van der Waals surface area contributed by atoms with E-state index in [4.69, 9.17) is 21.1 Å². The molecule has 2 aromatic carbocycles. The number of halogens is 1. The minimum atomic E-state index is -0.0130. The summed E-state index contributed by atoms with van der Waals surface area (Å²) in [6.45, 7) is 4.43. The van der Waals surface area contributed by atoms with Gasteiger partial charge in [0.15, 0.2) is 11.5 Å². The first-order valence-corrected chi connectivity index (χ1v) is 10.3. The van der Waals surface area contributed by atoms with Crippen molar-refractivity contribution in [2.45, 2.75) is 0 Å². The summed E-state index contributed by atoms with van der Waals surface area (Å²) in [5, 5.41) is 0.622. The number of hydrogen-bond donors (Lipinski definition) is 0. The summed E-state index contributed by atoms with van der Waals surface area (Å²) in [6, 6.07) is 11.3.